The number of hydrogen-bond donors (Lipinski definition) is 1. The number of rotatable bonds is 4. The summed E-state index contributed by atoms with van der Waals surface area (Å²) < 4.78 is 0. The predicted octanol–water partition coefficient (Wildman–Crippen LogP) is 3.87. The molecule has 0 spiro atoms. The second-order valence-electron chi connectivity index (χ2n) is 5.09. The monoisotopic (exact) mass is 262 g/mol. The molecule has 1 unspecified atom stereocenters. The molecule has 3 aromatic rings. The van der Waals surface area contributed by atoms with Crippen LogP contribution in [0.4, 0.5) is 0 Å². The van der Waals surface area contributed by atoms with Gasteiger partial charge in [-0.1, -0.05) is 48.5 Å². The second kappa shape index (κ2) is 5.85. The minimum atomic E-state index is 0.0345. The third-order valence-electron chi connectivity index (χ3n) is 3.63. The number of hydrogen-bond acceptors (Lipinski definition) is 2. The molecule has 1 heterocycles. The van der Waals surface area contributed by atoms with Crippen LogP contribution < -0.4 is 5.73 Å². The molecule has 0 aliphatic carbocycles. The molecule has 20 heavy (non-hydrogen) atoms. The maximum atomic E-state index is 6.29. The van der Waals surface area contributed by atoms with Gasteiger partial charge in [-0.2, -0.15) is 0 Å². The van der Waals surface area contributed by atoms with Crippen molar-refractivity contribution in [2.75, 3.05) is 0 Å². The van der Waals surface area contributed by atoms with Gasteiger partial charge in [-0.25, -0.2) is 0 Å². The Morgan fingerprint density at radius 2 is 1.70 bits per heavy atom. The van der Waals surface area contributed by atoms with Crippen LogP contribution in [0.25, 0.3) is 10.9 Å². The fourth-order valence-corrected chi connectivity index (χ4v) is 2.42. The summed E-state index contributed by atoms with van der Waals surface area (Å²) in [6.45, 7) is 0. The van der Waals surface area contributed by atoms with Gasteiger partial charge in [0.25, 0.3) is 0 Å². The summed E-state index contributed by atoms with van der Waals surface area (Å²) in [5.74, 6) is 0. The van der Waals surface area contributed by atoms with Gasteiger partial charge >= 0.3 is 0 Å². The standard InChI is InChI=1S/C18H18N2/c19-17(11-10-14-6-2-1-3-7-14)16-12-15-8-4-5-9-18(15)20-13-16/h1-9,12-13,17H,10-11,19H2. The van der Waals surface area contributed by atoms with Gasteiger partial charge in [0.2, 0.25) is 0 Å². The molecule has 0 amide bonds. The van der Waals surface area contributed by atoms with Gasteiger partial charge in [-0.05, 0) is 36.1 Å². The lowest BCUT2D eigenvalue weighted by atomic mass is 10.00. The zero-order valence-electron chi connectivity index (χ0n) is 11.4. The molecule has 2 N–H and O–H groups in total. The molecule has 0 radical (unpaired) electrons. The molecule has 100 valence electrons. The molecule has 0 saturated carbocycles. The summed E-state index contributed by atoms with van der Waals surface area (Å²) in [6.07, 6.45) is 3.83. The van der Waals surface area contributed by atoms with Gasteiger partial charge in [0.15, 0.2) is 0 Å². The average Bonchev–Trinajstić information content (AvgIpc) is 2.53. The summed E-state index contributed by atoms with van der Waals surface area (Å²) in [5.41, 5.74) is 9.75. The first-order valence-electron chi connectivity index (χ1n) is 6.97. The lowest BCUT2D eigenvalue weighted by Gasteiger charge is -2.12. The minimum Gasteiger partial charge on any atom is -0.324 e. The summed E-state index contributed by atoms with van der Waals surface area (Å²) >= 11 is 0. The Labute approximate surface area is 119 Å². The Bertz CT molecular complexity index is 692. The fraction of sp³-hybridized carbons (Fsp3) is 0.167. The highest BCUT2D eigenvalue weighted by Crippen LogP contribution is 2.20. The SMILES string of the molecule is NC(CCc1ccccc1)c1cnc2ccccc2c1. The minimum absolute atomic E-state index is 0.0345. The Morgan fingerprint density at radius 3 is 2.55 bits per heavy atom. The molecule has 0 bridgehead atoms. The molecule has 0 aliphatic heterocycles. The molecular weight excluding hydrogens is 244 g/mol. The van der Waals surface area contributed by atoms with Gasteiger partial charge in [-0.3, -0.25) is 4.98 Å². The quantitative estimate of drug-likeness (QED) is 0.775. The Kier molecular flexibility index (Phi) is 3.75. The molecular formula is C18H18N2. The molecule has 1 atom stereocenters. The number of benzene rings is 2. The van der Waals surface area contributed by atoms with Gasteiger partial charge in [-0.15, -0.1) is 0 Å². The maximum Gasteiger partial charge on any atom is 0.0702 e. The van der Waals surface area contributed by atoms with Crippen molar-refractivity contribution >= 4 is 10.9 Å². The molecule has 3 rings (SSSR count). The van der Waals surface area contributed by atoms with Crippen LogP contribution in [0.1, 0.15) is 23.6 Å². The van der Waals surface area contributed by atoms with Crippen molar-refractivity contribution < 1.29 is 0 Å². The number of fused-ring (bicyclic) bond motifs is 1. The molecule has 1 aromatic heterocycles. The van der Waals surface area contributed by atoms with Crippen LogP contribution in [0.15, 0.2) is 66.9 Å². The molecule has 0 aliphatic rings. The van der Waals surface area contributed by atoms with E-state index < -0.39 is 0 Å². The lowest BCUT2D eigenvalue weighted by molar-refractivity contribution is 0.650. The normalized spacial score (nSPS) is 12.4. The number of aryl methyl sites for hydroxylation is 1. The lowest BCUT2D eigenvalue weighted by Crippen LogP contribution is -2.11. The molecule has 2 heteroatoms. The van der Waals surface area contributed by atoms with Gasteiger partial charge < -0.3 is 5.73 Å². The van der Waals surface area contributed by atoms with E-state index >= 15 is 0 Å². The van der Waals surface area contributed by atoms with Crippen molar-refractivity contribution in [2.24, 2.45) is 5.73 Å². The smallest absolute Gasteiger partial charge is 0.0702 e. The number of nitrogens with two attached hydrogens (primary N) is 1. The number of aromatic nitrogens is 1. The van der Waals surface area contributed by atoms with E-state index in [-0.39, 0.29) is 6.04 Å². The van der Waals surface area contributed by atoms with E-state index in [1.807, 2.05) is 30.5 Å². The Balaban J connectivity index is 1.73. The highest BCUT2D eigenvalue weighted by Gasteiger charge is 2.07. The Morgan fingerprint density at radius 1 is 0.950 bits per heavy atom. The van der Waals surface area contributed by atoms with Crippen LogP contribution in [0, 0.1) is 0 Å². The molecule has 0 fully saturated rings. The predicted molar refractivity (Wildman–Crippen MR) is 83.4 cm³/mol. The largest absolute Gasteiger partial charge is 0.324 e. The number of pyridine rings is 1. The molecule has 2 aromatic carbocycles. The number of nitrogens with zero attached hydrogens (tertiary/aromatic N) is 1. The third kappa shape index (κ3) is 2.86. The van der Waals surface area contributed by atoms with Gasteiger partial charge in [0.1, 0.15) is 0 Å². The van der Waals surface area contributed by atoms with Crippen molar-refractivity contribution in [2.45, 2.75) is 18.9 Å². The van der Waals surface area contributed by atoms with Crippen LogP contribution in [0.3, 0.4) is 0 Å². The average molecular weight is 262 g/mol. The van der Waals surface area contributed by atoms with Crippen LogP contribution >= 0.6 is 0 Å². The van der Waals surface area contributed by atoms with Gasteiger partial charge in [0.05, 0.1) is 5.52 Å². The van der Waals surface area contributed by atoms with Crippen LogP contribution in [-0.4, -0.2) is 4.98 Å². The van der Waals surface area contributed by atoms with E-state index in [1.165, 1.54) is 5.56 Å². The molecule has 0 saturated heterocycles. The van der Waals surface area contributed by atoms with E-state index in [9.17, 15) is 0 Å². The van der Waals surface area contributed by atoms with Crippen molar-refractivity contribution in [1.29, 1.82) is 0 Å². The van der Waals surface area contributed by atoms with Gasteiger partial charge in [0, 0.05) is 17.6 Å². The second-order valence-corrected chi connectivity index (χ2v) is 5.09. The first kappa shape index (κ1) is 12.8. The van der Waals surface area contributed by atoms with E-state index in [0.717, 1.165) is 29.3 Å². The van der Waals surface area contributed by atoms with Crippen LogP contribution in [0.2, 0.25) is 0 Å². The topological polar surface area (TPSA) is 38.9 Å². The summed E-state index contributed by atoms with van der Waals surface area (Å²) in [4.78, 5) is 4.48. The van der Waals surface area contributed by atoms with Crippen molar-refractivity contribution in [3.63, 3.8) is 0 Å². The van der Waals surface area contributed by atoms with E-state index in [0.29, 0.717) is 0 Å². The maximum absolute atomic E-state index is 6.29. The summed E-state index contributed by atoms with van der Waals surface area (Å²) in [5, 5.41) is 1.15. The first-order chi connectivity index (χ1) is 9.83. The summed E-state index contributed by atoms with van der Waals surface area (Å²) in [6, 6.07) is 20.8. The van der Waals surface area contributed by atoms with E-state index in [2.05, 4.69) is 41.4 Å². The fourth-order valence-electron chi connectivity index (χ4n) is 2.42. The highest BCUT2D eigenvalue weighted by molar-refractivity contribution is 5.78. The van der Waals surface area contributed by atoms with Crippen LogP contribution in [0.5, 0.6) is 0 Å². The zero-order valence-corrected chi connectivity index (χ0v) is 11.4. The first-order valence-corrected chi connectivity index (χ1v) is 6.97. The van der Waals surface area contributed by atoms with Crippen molar-refractivity contribution in [3.8, 4) is 0 Å². The van der Waals surface area contributed by atoms with E-state index in [1.54, 1.807) is 0 Å². The Hall–Kier alpha value is -2.19. The highest BCUT2D eigenvalue weighted by atomic mass is 14.7. The third-order valence-corrected chi connectivity index (χ3v) is 3.63. The van der Waals surface area contributed by atoms with Crippen molar-refractivity contribution in [3.05, 3.63) is 78.0 Å². The van der Waals surface area contributed by atoms with E-state index in [4.69, 9.17) is 5.73 Å². The van der Waals surface area contributed by atoms with Crippen LogP contribution in [-0.2, 0) is 6.42 Å². The summed E-state index contributed by atoms with van der Waals surface area (Å²) in [7, 11) is 0. The molecule has 2 nitrogen and oxygen atoms in total. The zero-order chi connectivity index (χ0) is 13.8. The number of para-hydroxylation sites is 1. The van der Waals surface area contributed by atoms with Crippen molar-refractivity contribution in [1.82, 2.24) is 4.98 Å².